The summed E-state index contributed by atoms with van der Waals surface area (Å²) in [5, 5.41) is 19.6. The summed E-state index contributed by atoms with van der Waals surface area (Å²) < 4.78 is 3.06. The van der Waals surface area contributed by atoms with E-state index < -0.39 is 29.2 Å². The van der Waals surface area contributed by atoms with Crippen LogP contribution in [-0.4, -0.2) is 62.8 Å². The highest BCUT2D eigenvalue weighted by molar-refractivity contribution is 8.00. The molecule has 3 aromatic rings. The van der Waals surface area contributed by atoms with E-state index in [2.05, 4.69) is 15.5 Å². The van der Waals surface area contributed by atoms with Gasteiger partial charge in [0.05, 0.1) is 4.70 Å². The monoisotopic (exact) mass is 531 g/mol. The fourth-order valence-corrected chi connectivity index (χ4v) is 6.73. The van der Waals surface area contributed by atoms with E-state index in [4.69, 9.17) is 10.6 Å². The molecule has 2 aliphatic heterocycles. The lowest BCUT2D eigenvalue weighted by Gasteiger charge is -2.49. The summed E-state index contributed by atoms with van der Waals surface area (Å²) >= 11 is 4.14. The highest BCUT2D eigenvalue weighted by Crippen LogP contribution is 2.40. The minimum Gasteiger partial charge on any atom is -0.477 e. The molecule has 0 spiro atoms. The first-order valence-corrected chi connectivity index (χ1v) is 13.1. The van der Waals surface area contributed by atoms with Crippen LogP contribution in [0.25, 0.3) is 10.2 Å². The van der Waals surface area contributed by atoms with E-state index in [1.54, 1.807) is 16.7 Å². The van der Waals surface area contributed by atoms with Crippen LogP contribution in [0.1, 0.15) is 5.69 Å². The normalized spacial score (nSPS) is 20.0. The van der Waals surface area contributed by atoms with E-state index in [1.165, 1.54) is 23.8 Å². The number of aliphatic carboxylic acids is 1. The quantitative estimate of drug-likeness (QED) is 0.177. The van der Waals surface area contributed by atoms with E-state index >= 15 is 0 Å². The molecular weight excluding hydrogens is 512 g/mol. The number of carboxylic acid groups (broad SMARTS) is 1. The maximum absolute atomic E-state index is 13.0. The summed E-state index contributed by atoms with van der Waals surface area (Å²) in [4.78, 5) is 48.2. The average Bonchev–Trinajstić information content (AvgIpc) is 3.49. The number of carboxylic acids is 1. The van der Waals surface area contributed by atoms with Crippen molar-refractivity contribution in [2.45, 2.75) is 18.0 Å². The summed E-state index contributed by atoms with van der Waals surface area (Å²) in [5.74, 6) is -1.95. The van der Waals surface area contributed by atoms with Crippen LogP contribution in [-0.2, 0) is 25.8 Å². The highest BCUT2D eigenvalue weighted by Gasteiger charge is 2.54. The number of pyridine rings is 1. The first kappa shape index (κ1) is 23.3. The van der Waals surface area contributed by atoms with Crippen LogP contribution >= 0.6 is 34.4 Å². The number of carbonyl (C=O) groups excluding carboxylic acids is 2. The second-order valence-corrected chi connectivity index (χ2v) is 10.6. The van der Waals surface area contributed by atoms with Crippen molar-refractivity contribution in [3.63, 3.8) is 0 Å². The number of thioether (sulfide) groups is 1. The molecule has 2 aliphatic rings. The largest absolute Gasteiger partial charge is 0.477 e. The van der Waals surface area contributed by atoms with Gasteiger partial charge in [0.2, 0.25) is 5.52 Å². The van der Waals surface area contributed by atoms with E-state index in [0.717, 1.165) is 21.6 Å². The topological polar surface area (TPSA) is 151 Å². The summed E-state index contributed by atoms with van der Waals surface area (Å²) in [6.45, 7) is 0.339. The Morgan fingerprint density at radius 2 is 2.23 bits per heavy atom. The summed E-state index contributed by atoms with van der Waals surface area (Å²) in [5.41, 5.74) is 7.33. The van der Waals surface area contributed by atoms with Gasteiger partial charge in [-0.1, -0.05) is 5.16 Å². The Labute approximate surface area is 210 Å². The molecule has 2 amide bonds. The third-order valence-electron chi connectivity index (χ3n) is 5.56. The standard InChI is InChI=1S/C21H18N6O5S3/c1-32-25-14(11-9-35-21(22)23-11)17(28)24-15-18(29)27-16(20(30)31)10(8-34-19(15)27)7-26-5-2-3-13-12(26)4-6-33-13/h2-6,9,15,19H,7-8H2,1H3,(H3-,22,23,24,28,30,31)/p+1/b25-14-/t15-,19-/m1/s1. The number of carbonyl (C=O) groups is 3. The SMILES string of the molecule is CO/N=C(\C(=O)N[C@@H]1C(=O)N2C(C(=O)O)=C(C[n+]3cccc4sccc43)CS[C@H]12)c1csc(N)n1. The number of anilines is 1. The maximum Gasteiger partial charge on any atom is 0.352 e. The minimum atomic E-state index is -1.18. The number of thiazole rings is 1. The lowest BCUT2D eigenvalue weighted by Crippen LogP contribution is -2.71. The molecule has 180 valence electrons. The van der Waals surface area contributed by atoms with E-state index in [9.17, 15) is 19.5 Å². The molecule has 5 heterocycles. The predicted molar refractivity (Wildman–Crippen MR) is 132 cm³/mol. The van der Waals surface area contributed by atoms with Crippen LogP contribution in [0.2, 0.25) is 0 Å². The second kappa shape index (κ2) is 9.28. The van der Waals surface area contributed by atoms with Gasteiger partial charge in [-0.05, 0) is 11.4 Å². The van der Waals surface area contributed by atoms with Gasteiger partial charge in [-0.25, -0.2) is 9.78 Å². The molecule has 0 saturated carbocycles. The smallest absolute Gasteiger partial charge is 0.352 e. The van der Waals surface area contributed by atoms with Crippen LogP contribution < -0.4 is 15.6 Å². The number of amides is 2. The number of oxime groups is 1. The van der Waals surface area contributed by atoms with Gasteiger partial charge in [-0.3, -0.25) is 14.5 Å². The van der Waals surface area contributed by atoms with Crippen LogP contribution in [0.5, 0.6) is 0 Å². The van der Waals surface area contributed by atoms with Crippen molar-refractivity contribution in [3.05, 3.63) is 52.1 Å². The Bertz CT molecular complexity index is 1410. The number of hydrogen-bond donors (Lipinski definition) is 3. The number of nitrogens with one attached hydrogen (secondary N) is 1. The van der Waals surface area contributed by atoms with Crippen LogP contribution in [0.15, 0.2) is 51.6 Å². The number of aromatic nitrogens is 2. The van der Waals surface area contributed by atoms with Crippen LogP contribution in [0.4, 0.5) is 5.13 Å². The van der Waals surface area contributed by atoms with Gasteiger partial charge in [-0.2, -0.15) is 4.57 Å². The number of nitrogens with two attached hydrogens (primary N) is 1. The van der Waals surface area contributed by atoms with Gasteiger partial charge >= 0.3 is 5.97 Å². The van der Waals surface area contributed by atoms with Gasteiger partial charge in [0.15, 0.2) is 23.6 Å². The third kappa shape index (κ3) is 4.13. The third-order valence-corrected chi connectivity index (χ3v) is 8.44. The van der Waals surface area contributed by atoms with Gasteiger partial charge in [0.25, 0.3) is 11.8 Å². The Hall–Kier alpha value is -3.49. The molecule has 14 heteroatoms. The number of β-lactam (4-membered cyclic amide) rings is 1. The Kier molecular flexibility index (Phi) is 6.17. The zero-order chi connectivity index (χ0) is 24.7. The van der Waals surface area contributed by atoms with Crippen molar-refractivity contribution in [2.75, 3.05) is 18.6 Å². The van der Waals surface area contributed by atoms with E-state index in [1.807, 2.05) is 34.3 Å². The van der Waals surface area contributed by atoms with Crippen molar-refractivity contribution in [3.8, 4) is 0 Å². The predicted octanol–water partition coefficient (Wildman–Crippen LogP) is 1.02. The molecule has 1 saturated heterocycles. The molecular formula is C21H19N6O5S3+. The molecule has 0 aromatic carbocycles. The van der Waals surface area contributed by atoms with Crippen molar-refractivity contribution < 1.29 is 28.9 Å². The maximum atomic E-state index is 13.0. The number of nitrogen functional groups attached to an aromatic ring is 1. The number of nitrogens with zero attached hydrogens (tertiary/aromatic N) is 4. The van der Waals surface area contributed by atoms with Crippen LogP contribution in [0, 0.1) is 0 Å². The van der Waals surface area contributed by atoms with Gasteiger partial charge in [-0.15, -0.1) is 34.4 Å². The molecule has 11 nitrogen and oxygen atoms in total. The van der Waals surface area contributed by atoms with Crippen molar-refractivity contribution >= 4 is 73.3 Å². The molecule has 0 unspecified atom stereocenters. The molecule has 35 heavy (non-hydrogen) atoms. The average molecular weight is 532 g/mol. The molecule has 5 rings (SSSR count). The van der Waals surface area contributed by atoms with Crippen LogP contribution in [0.3, 0.4) is 0 Å². The Balaban J connectivity index is 1.38. The number of rotatable bonds is 7. The summed E-state index contributed by atoms with van der Waals surface area (Å²) in [6, 6.07) is 4.99. The number of fused-ring (bicyclic) bond motifs is 2. The fraction of sp³-hybridized carbons (Fsp3) is 0.238. The molecule has 0 radical (unpaired) electrons. The van der Waals surface area contributed by atoms with E-state index in [-0.39, 0.29) is 22.2 Å². The Morgan fingerprint density at radius 3 is 2.94 bits per heavy atom. The lowest BCUT2D eigenvalue weighted by atomic mass is 10.0. The van der Waals surface area contributed by atoms with Crippen molar-refractivity contribution in [1.82, 2.24) is 15.2 Å². The zero-order valence-corrected chi connectivity index (χ0v) is 20.7. The second-order valence-electron chi connectivity index (χ2n) is 7.62. The zero-order valence-electron chi connectivity index (χ0n) is 18.2. The molecule has 3 aromatic heterocycles. The van der Waals surface area contributed by atoms with Crippen molar-refractivity contribution in [2.24, 2.45) is 5.16 Å². The molecule has 1 fully saturated rings. The first-order valence-electron chi connectivity index (χ1n) is 10.3. The van der Waals surface area contributed by atoms with E-state index in [0.29, 0.717) is 17.9 Å². The molecule has 4 N–H and O–H groups in total. The summed E-state index contributed by atoms with van der Waals surface area (Å²) in [6.07, 6.45) is 1.89. The molecule has 0 bridgehead atoms. The first-order chi connectivity index (χ1) is 16.9. The number of thiophene rings is 1. The van der Waals surface area contributed by atoms with Gasteiger partial charge < -0.3 is 21.0 Å². The number of hydrogen-bond acceptors (Lipinski definition) is 10. The molecule has 2 atom stereocenters. The van der Waals surface area contributed by atoms with Gasteiger partial charge in [0.1, 0.15) is 29.9 Å². The lowest BCUT2D eigenvalue weighted by molar-refractivity contribution is -0.663. The minimum absolute atomic E-state index is 0.0398. The van der Waals surface area contributed by atoms with Gasteiger partial charge in [0, 0.05) is 28.8 Å². The van der Waals surface area contributed by atoms with Crippen molar-refractivity contribution in [1.29, 1.82) is 0 Å². The Morgan fingerprint density at radius 1 is 1.40 bits per heavy atom. The highest BCUT2D eigenvalue weighted by atomic mass is 32.2. The fourth-order valence-electron chi connectivity index (χ4n) is 4.04. The molecule has 0 aliphatic carbocycles. The summed E-state index contributed by atoms with van der Waals surface area (Å²) in [7, 11) is 1.29.